The van der Waals surface area contributed by atoms with Crippen molar-refractivity contribution >= 4 is 23.6 Å². The molecule has 2 aromatic carbocycles. The van der Waals surface area contributed by atoms with Gasteiger partial charge in [-0.2, -0.15) is 0 Å². The van der Waals surface area contributed by atoms with Gasteiger partial charge in [-0.1, -0.05) is 36.4 Å². The number of carbonyl (C=O) groups is 2. The number of nitrogens with zero attached hydrogens (tertiary/aromatic N) is 1. The van der Waals surface area contributed by atoms with Crippen LogP contribution in [0.5, 0.6) is 0 Å². The van der Waals surface area contributed by atoms with Crippen LogP contribution in [0.3, 0.4) is 0 Å². The summed E-state index contributed by atoms with van der Waals surface area (Å²) in [7, 11) is 0. The van der Waals surface area contributed by atoms with E-state index in [0.717, 1.165) is 16.8 Å². The number of benzene rings is 2. The molecule has 25 heavy (non-hydrogen) atoms. The Morgan fingerprint density at radius 3 is 2.60 bits per heavy atom. The molecule has 1 atom stereocenters. The molecule has 0 bridgehead atoms. The zero-order valence-electron chi connectivity index (χ0n) is 14.5. The Morgan fingerprint density at radius 1 is 1.12 bits per heavy atom. The maximum atomic E-state index is 12.3. The van der Waals surface area contributed by atoms with Crippen LogP contribution in [0.4, 0.5) is 5.69 Å². The highest BCUT2D eigenvalue weighted by Gasteiger charge is 2.31. The normalized spacial score (nSPS) is 17.3. The molecule has 1 aliphatic heterocycles. The van der Waals surface area contributed by atoms with E-state index in [4.69, 9.17) is 0 Å². The van der Waals surface area contributed by atoms with Crippen molar-refractivity contribution in [3.05, 3.63) is 71.3 Å². The molecule has 1 N–H and O–H groups in total. The molecule has 128 valence electrons. The van der Waals surface area contributed by atoms with Crippen LogP contribution in [0.25, 0.3) is 6.08 Å². The van der Waals surface area contributed by atoms with Gasteiger partial charge in [0.2, 0.25) is 11.8 Å². The summed E-state index contributed by atoms with van der Waals surface area (Å²) in [5.74, 6) is -0.135. The van der Waals surface area contributed by atoms with Crippen LogP contribution in [0, 0.1) is 13.8 Å². The molecule has 0 saturated carbocycles. The molecule has 3 rings (SSSR count). The summed E-state index contributed by atoms with van der Waals surface area (Å²) in [6, 6.07) is 15.5. The first kappa shape index (κ1) is 17.0. The molecular formula is C21H22N2O2. The summed E-state index contributed by atoms with van der Waals surface area (Å²) >= 11 is 0. The van der Waals surface area contributed by atoms with Gasteiger partial charge in [0.1, 0.15) is 0 Å². The van der Waals surface area contributed by atoms with Crippen molar-refractivity contribution in [2.75, 3.05) is 11.4 Å². The van der Waals surface area contributed by atoms with E-state index < -0.39 is 0 Å². The van der Waals surface area contributed by atoms with Gasteiger partial charge >= 0.3 is 0 Å². The second-order valence-corrected chi connectivity index (χ2v) is 6.43. The molecule has 1 heterocycles. The van der Waals surface area contributed by atoms with Crippen LogP contribution in [-0.4, -0.2) is 24.4 Å². The second-order valence-electron chi connectivity index (χ2n) is 6.43. The fourth-order valence-electron chi connectivity index (χ4n) is 2.93. The Morgan fingerprint density at radius 2 is 1.88 bits per heavy atom. The average molecular weight is 334 g/mol. The van der Waals surface area contributed by atoms with Crippen molar-refractivity contribution < 1.29 is 9.59 Å². The molecule has 0 unspecified atom stereocenters. The van der Waals surface area contributed by atoms with Gasteiger partial charge in [0, 0.05) is 24.7 Å². The summed E-state index contributed by atoms with van der Waals surface area (Å²) in [5, 5.41) is 2.92. The third kappa shape index (κ3) is 4.15. The van der Waals surface area contributed by atoms with Crippen molar-refractivity contribution in [3.8, 4) is 0 Å². The molecule has 1 fully saturated rings. The number of anilines is 1. The van der Waals surface area contributed by atoms with Crippen LogP contribution in [-0.2, 0) is 9.59 Å². The monoisotopic (exact) mass is 334 g/mol. The Balaban J connectivity index is 1.61. The first-order valence-corrected chi connectivity index (χ1v) is 8.44. The zero-order chi connectivity index (χ0) is 17.8. The number of hydrogen-bond donors (Lipinski definition) is 1. The Labute approximate surface area is 148 Å². The van der Waals surface area contributed by atoms with E-state index in [1.807, 2.05) is 62.4 Å². The number of rotatable bonds is 4. The molecule has 4 heteroatoms. The number of amides is 2. The van der Waals surface area contributed by atoms with Gasteiger partial charge < -0.3 is 10.2 Å². The molecule has 2 aromatic rings. The van der Waals surface area contributed by atoms with Gasteiger partial charge in [0.15, 0.2) is 0 Å². The summed E-state index contributed by atoms with van der Waals surface area (Å²) in [5.41, 5.74) is 4.22. The first-order valence-electron chi connectivity index (χ1n) is 8.44. The van der Waals surface area contributed by atoms with Crippen molar-refractivity contribution in [2.45, 2.75) is 26.3 Å². The van der Waals surface area contributed by atoms with Gasteiger partial charge in [-0.05, 0) is 48.7 Å². The van der Waals surface area contributed by atoms with Crippen molar-refractivity contribution in [1.82, 2.24) is 5.32 Å². The molecule has 1 aliphatic rings. The molecule has 0 radical (unpaired) electrons. The Bertz CT molecular complexity index is 812. The highest BCUT2D eigenvalue weighted by atomic mass is 16.2. The average Bonchev–Trinajstić information content (AvgIpc) is 2.96. The van der Waals surface area contributed by atoms with E-state index >= 15 is 0 Å². The Kier molecular flexibility index (Phi) is 4.98. The minimum atomic E-state index is -0.177. The summed E-state index contributed by atoms with van der Waals surface area (Å²) < 4.78 is 0. The summed E-state index contributed by atoms with van der Waals surface area (Å²) in [4.78, 5) is 26.1. The predicted octanol–water partition coefficient (Wildman–Crippen LogP) is 3.24. The van der Waals surface area contributed by atoms with Crippen molar-refractivity contribution in [2.24, 2.45) is 0 Å². The maximum absolute atomic E-state index is 12.3. The van der Waals surface area contributed by atoms with Gasteiger partial charge in [-0.3, -0.25) is 9.59 Å². The van der Waals surface area contributed by atoms with Gasteiger partial charge in [0.25, 0.3) is 0 Å². The lowest BCUT2D eigenvalue weighted by atomic mass is 10.1. The van der Waals surface area contributed by atoms with Crippen molar-refractivity contribution in [1.29, 1.82) is 0 Å². The van der Waals surface area contributed by atoms with E-state index in [0.29, 0.717) is 13.0 Å². The lowest BCUT2D eigenvalue weighted by molar-refractivity contribution is -0.117. The van der Waals surface area contributed by atoms with Crippen LogP contribution < -0.4 is 10.2 Å². The predicted molar refractivity (Wildman–Crippen MR) is 100 cm³/mol. The van der Waals surface area contributed by atoms with Crippen molar-refractivity contribution in [3.63, 3.8) is 0 Å². The topological polar surface area (TPSA) is 49.4 Å². The van der Waals surface area contributed by atoms with E-state index in [1.165, 1.54) is 11.6 Å². The largest absolute Gasteiger partial charge is 0.347 e. The van der Waals surface area contributed by atoms with E-state index in [-0.39, 0.29) is 17.9 Å². The second kappa shape index (κ2) is 7.34. The molecule has 0 spiro atoms. The lowest BCUT2D eigenvalue weighted by Crippen LogP contribution is -2.36. The summed E-state index contributed by atoms with van der Waals surface area (Å²) in [6.07, 6.45) is 3.61. The SMILES string of the molecule is Cc1ccc(N2C[C@H](NC(=O)/C=C\c3ccccc3)CC2=O)cc1C. The fourth-order valence-corrected chi connectivity index (χ4v) is 2.93. The minimum Gasteiger partial charge on any atom is -0.347 e. The summed E-state index contributed by atoms with van der Waals surface area (Å²) in [6.45, 7) is 4.59. The van der Waals surface area contributed by atoms with E-state index in [2.05, 4.69) is 5.32 Å². The lowest BCUT2D eigenvalue weighted by Gasteiger charge is -2.18. The number of hydrogen-bond acceptors (Lipinski definition) is 2. The zero-order valence-corrected chi connectivity index (χ0v) is 14.5. The standard InChI is InChI=1S/C21H22N2O2/c1-15-8-10-19(12-16(15)2)23-14-18(13-21(23)25)22-20(24)11-9-17-6-4-3-5-7-17/h3-12,18H,13-14H2,1-2H3,(H,22,24)/b11-9-/t18-/m1/s1. The van der Waals surface area contributed by atoms with Crippen LogP contribution in [0.2, 0.25) is 0 Å². The minimum absolute atomic E-state index is 0.0422. The third-order valence-electron chi connectivity index (χ3n) is 4.50. The number of nitrogens with one attached hydrogen (secondary N) is 1. The molecule has 4 nitrogen and oxygen atoms in total. The van der Waals surface area contributed by atoms with Gasteiger partial charge in [-0.15, -0.1) is 0 Å². The number of aryl methyl sites for hydroxylation is 2. The first-order chi connectivity index (χ1) is 12.0. The van der Waals surface area contributed by atoms with Crippen LogP contribution in [0.1, 0.15) is 23.1 Å². The van der Waals surface area contributed by atoms with Gasteiger partial charge in [-0.25, -0.2) is 0 Å². The number of carbonyl (C=O) groups excluding carboxylic acids is 2. The van der Waals surface area contributed by atoms with Crippen LogP contribution >= 0.6 is 0 Å². The maximum Gasteiger partial charge on any atom is 0.244 e. The highest BCUT2D eigenvalue weighted by Crippen LogP contribution is 2.24. The fraction of sp³-hybridized carbons (Fsp3) is 0.238. The quantitative estimate of drug-likeness (QED) is 0.873. The molecule has 0 aliphatic carbocycles. The highest BCUT2D eigenvalue weighted by molar-refractivity contribution is 5.98. The van der Waals surface area contributed by atoms with E-state index in [1.54, 1.807) is 11.0 Å². The molecule has 0 aromatic heterocycles. The third-order valence-corrected chi connectivity index (χ3v) is 4.50. The molecule has 1 saturated heterocycles. The van der Waals surface area contributed by atoms with Crippen LogP contribution in [0.15, 0.2) is 54.6 Å². The smallest absolute Gasteiger partial charge is 0.244 e. The molecular weight excluding hydrogens is 312 g/mol. The van der Waals surface area contributed by atoms with Gasteiger partial charge in [0.05, 0.1) is 6.04 Å². The van der Waals surface area contributed by atoms with E-state index in [9.17, 15) is 9.59 Å². The Hall–Kier alpha value is -2.88. The molecule has 2 amide bonds.